The molecule has 0 fully saturated rings. The third-order valence-electron chi connectivity index (χ3n) is 1.65. The normalized spacial score (nSPS) is 9.55. The van der Waals surface area contributed by atoms with Crippen molar-refractivity contribution < 1.29 is 4.79 Å². The van der Waals surface area contributed by atoms with E-state index in [1.807, 2.05) is 13.8 Å². The monoisotopic (exact) mass is 156 g/mol. The Hall–Kier alpha value is -0.990. The second kappa shape index (κ2) is 4.01. The summed E-state index contributed by atoms with van der Waals surface area (Å²) in [5.74, 6) is 0. The lowest BCUT2D eigenvalue weighted by molar-refractivity contribution is 0.176. The van der Waals surface area contributed by atoms with Crippen LogP contribution in [0.25, 0.3) is 0 Å². The molecule has 3 nitrogen and oxygen atoms in total. The second-order valence-corrected chi connectivity index (χ2v) is 2.78. The van der Waals surface area contributed by atoms with E-state index in [4.69, 9.17) is 0 Å². The molecule has 0 unspecified atom stereocenters. The van der Waals surface area contributed by atoms with E-state index in [1.54, 1.807) is 19.0 Å². The molecule has 0 aliphatic carbocycles. The van der Waals surface area contributed by atoms with Gasteiger partial charge in [0.05, 0.1) is 0 Å². The maximum atomic E-state index is 11.3. The third kappa shape index (κ3) is 2.62. The molecule has 0 aromatic heterocycles. The third-order valence-corrected chi connectivity index (χ3v) is 1.65. The van der Waals surface area contributed by atoms with Crippen LogP contribution in [-0.4, -0.2) is 36.0 Å². The Bertz CT molecular complexity index is 154. The Morgan fingerprint density at radius 3 is 2.18 bits per heavy atom. The molecule has 0 spiro atoms. The highest BCUT2D eigenvalue weighted by atomic mass is 16.2. The van der Waals surface area contributed by atoms with Crippen molar-refractivity contribution in [3.8, 4) is 0 Å². The standard InChI is InChI=1S/C8H16N2O/c1-6-9(4)8(11)10(5)7(2)3/h6-7H,1H2,2-5H3. The highest BCUT2D eigenvalue weighted by Crippen LogP contribution is 1.98. The fourth-order valence-electron chi connectivity index (χ4n) is 0.548. The summed E-state index contributed by atoms with van der Waals surface area (Å²) in [7, 11) is 3.46. The summed E-state index contributed by atoms with van der Waals surface area (Å²) in [6.07, 6.45) is 1.50. The Balaban J connectivity index is 4.12. The van der Waals surface area contributed by atoms with Crippen molar-refractivity contribution in [3.63, 3.8) is 0 Å². The Morgan fingerprint density at radius 2 is 1.91 bits per heavy atom. The van der Waals surface area contributed by atoms with Gasteiger partial charge >= 0.3 is 6.03 Å². The van der Waals surface area contributed by atoms with Gasteiger partial charge in [-0.25, -0.2) is 4.79 Å². The van der Waals surface area contributed by atoms with Gasteiger partial charge in [-0.3, -0.25) is 0 Å². The van der Waals surface area contributed by atoms with Gasteiger partial charge in [-0.15, -0.1) is 0 Å². The summed E-state index contributed by atoms with van der Waals surface area (Å²) in [6, 6.07) is 0.194. The van der Waals surface area contributed by atoms with Crippen LogP contribution in [0.15, 0.2) is 12.8 Å². The first-order chi connectivity index (χ1) is 5.00. The summed E-state index contributed by atoms with van der Waals surface area (Å²) in [5, 5.41) is 0. The molecule has 0 aliphatic rings. The lowest BCUT2D eigenvalue weighted by atomic mass is 10.3. The molecule has 0 aliphatic heterocycles. The van der Waals surface area contributed by atoms with Gasteiger partial charge in [0.15, 0.2) is 0 Å². The number of rotatable bonds is 2. The number of urea groups is 1. The van der Waals surface area contributed by atoms with E-state index in [0.717, 1.165) is 0 Å². The number of nitrogens with zero attached hydrogens (tertiary/aromatic N) is 2. The highest BCUT2D eigenvalue weighted by molar-refractivity contribution is 5.75. The predicted molar refractivity (Wildman–Crippen MR) is 46.3 cm³/mol. The summed E-state index contributed by atoms with van der Waals surface area (Å²) < 4.78 is 0. The van der Waals surface area contributed by atoms with Gasteiger partial charge in [0.25, 0.3) is 0 Å². The fourth-order valence-corrected chi connectivity index (χ4v) is 0.548. The lowest BCUT2D eigenvalue weighted by Crippen LogP contribution is -2.39. The zero-order valence-corrected chi connectivity index (χ0v) is 7.66. The molecule has 0 aromatic rings. The molecule has 0 saturated heterocycles. The van der Waals surface area contributed by atoms with Crippen molar-refractivity contribution in [1.29, 1.82) is 0 Å². The van der Waals surface area contributed by atoms with Crippen LogP contribution < -0.4 is 0 Å². The van der Waals surface area contributed by atoms with Crippen LogP contribution in [0.5, 0.6) is 0 Å². The van der Waals surface area contributed by atoms with Gasteiger partial charge in [-0.05, 0) is 13.8 Å². The fraction of sp³-hybridized carbons (Fsp3) is 0.625. The number of hydrogen-bond donors (Lipinski definition) is 0. The minimum absolute atomic E-state index is 0.0324. The highest BCUT2D eigenvalue weighted by Gasteiger charge is 2.13. The summed E-state index contributed by atoms with van der Waals surface area (Å²) in [5.41, 5.74) is 0. The molecular formula is C8H16N2O. The van der Waals surface area contributed by atoms with E-state index >= 15 is 0 Å². The van der Waals surface area contributed by atoms with Crippen LogP contribution in [0.2, 0.25) is 0 Å². The zero-order valence-electron chi connectivity index (χ0n) is 7.66. The minimum atomic E-state index is -0.0324. The van der Waals surface area contributed by atoms with Gasteiger partial charge in [0.2, 0.25) is 0 Å². The first-order valence-electron chi connectivity index (χ1n) is 3.63. The van der Waals surface area contributed by atoms with E-state index in [2.05, 4.69) is 6.58 Å². The largest absolute Gasteiger partial charge is 0.325 e. The molecule has 2 amide bonds. The van der Waals surface area contributed by atoms with E-state index in [1.165, 1.54) is 11.1 Å². The molecule has 0 saturated carbocycles. The molecule has 0 bridgehead atoms. The Morgan fingerprint density at radius 1 is 1.45 bits per heavy atom. The second-order valence-electron chi connectivity index (χ2n) is 2.78. The van der Waals surface area contributed by atoms with E-state index in [0.29, 0.717) is 0 Å². The van der Waals surface area contributed by atoms with Crippen LogP contribution >= 0.6 is 0 Å². The topological polar surface area (TPSA) is 23.6 Å². The molecule has 0 atom stereocenters. The van der Waals surface area contributed by atoms with Crippen LogP contribution in [0.4, 0.5) is 4.79 Å². The number of amides is 2. The van der Waals surface area contributed by atoms with Gasteiger partial charge < -0.3 is 9.80 Å². The number of hydrogen-bond acceptors (Lipinski definition) is 1. The molecular weight excluding hydrogens is 140 g/mol. The van der Waals surface area contributed by atoms with Crippen LogP contribution in [0.1, 0.15) is 13.8 Å². The smallest absolute Gasteiger partial charge is 0.323 e. The van der Waals surface area contributed by atoms with Crippen LogP contribution in [0.3, 0.4) is 0 Å². The maximum absolute atomic E-state index is 11.3. The van der Waals surface area contributed by atoms with Gasteiger partial charge in [-0.2, -0.15) is 0 Å². The van der Waals surface area contributed by atoms with Crippen molar-refractivity contribution in [1.82, 2.24) is 9.80 Å². The lowest BCUT2D eigenvalue weighted by Gasteiger charge is -2.25. The average Bonchev–Trinajstić information content (AvgIpc) is 2.00. The van der Waals surface area contributed by atoms with Crippen molar-refractivity contribution in [2.75, 3.05) is 14.1 Å². The first-order valence-corrected chi connectivity index (χ1v) is 3.63. The Kier molecular flexibility index (Phi) is 3.65. The molecule has 0 radical (unpaired) electrons. The zero-order chi connectivity index (χ0) is 9.02. The molecule has 11 heavy (non-hydrogen) atoms. The van der Waals surface area contributed by atoms with E-state index in [-0.39, 0.29) is 12.1 Å². The van der Waals surface area contributed by atoms with E-state index < -0.39 is 0 Å². The molecule has 3 heteroatoms. The summed E-state index contributed by atoms with van der Waals surface area (Å²) >= 11 is 0. The number of carbonyl (C=O) groups is 1. The number of carbonyl (C=O) groups excluding carboxylic acids is 1. The van der Waals surface area contributed by atoms with Crippen molar-refractivity contribution in [2.45, 2.75) is 19.9 Å². The molecule has 0 aromatic carbocycles. The molecule has 64 valence electrons. The average molecular weight is 156 g/mol. The quantitative estimate of drug-likeness (QED) is 0.594. The van der Waals surface area contributed by atoms with Crippen molar-refractivity contribution in [2.24, 2.45) is 0 Å². The van der Waals surface area contributed by atoms with Crippen LogP contribution in [0, 0.1) is 0 Å². The minimum Gasteiger partial charge on any atom is -0.325 e. The van der Waals surface area contributed by atoms with Gasteiger partial charge in [-0.1, -0.05) is 6.58 Å². The van der Waals surface area contributed by atoms with Crippen LogP contribution in [-0.2, 0) is 0 Å². The SMILES string of the molecule is C=CN(C)C(=O)N(C)C(C)C. The van der Waals surface area contributed by atoms with Crippen molar-refractivity contribution >= 4 is 6.03 Å². The molecule has 0 rings (SSSR count). The summed E-state index contributed by atoms with van der Waals surface area (Å²) in [6.45, 7) is 7.44. The van der Waals surface area contributed by atoms with Gasteiger partial charge in [0, 0.05) is 26.3 Å². The summed E-state index contributed by atoms with van der Waals surface area (Å²) in [4.78, 5) is 14.4. The molecule has 0 N–H and O–H groups in total. The van der Waals surface area contributed by atoms with Gasteiger partial charge in [0.1, 0.15) is 0 Å². The van der Waals surface area contributed by atoms with E-state index in [9.17, 15) is 4.79 Å². The first kappa shape index (κ1) is 10.0. The Labute approximate surface area is 68.3 Å². The molecule has 0 heterocycles. The predicted octanol–water partition coefficient (Wildman–Crippen LogP) is 1.52. The maximum Gasteiger partial charge on any atom is 0.323 e. The van der Waals surface area contributed by atoms with Crippen molar-refractivity contribution in [3.05, 3.63) is 12.8 Å².